The maximum atomic E-state index is 12.5. The van der Waals surface area contributed by atoms with E-state index in [1.54, 1.807) is 0 Å². The van der Waals surface area contributed by atoms with Crippen molar-refractivity contribution >= 4 is 22.8 Å². The molecule has 1 amide bonds. The van der Waals surface area contributed by atoms with E-state index in [0.29, 0.717) is 13.0 Å². The van der Waals surface area contributed by atoms with Gasteiger partial charge in [-0.1, -0.05) is 18.2 Å². The Kier molecular flexibility index (Phi) is 4.57. The van der Waals surface area contributed by atoms with Crippen LogP contribution in [0.15, 0.2) is 30.5 Å². The van der Waals surface area contributed by atoms with Gasteiger partial charge in [0.2, 0.25) is 5.91 Å². The summed E-state index contributed by atoms with van der Waals surface area (Å²) >= 11 is 0. The molecule has 128 valence electrons. The first kappa shape index (κ1) is 16.5. The number of para-hydroxylation sites is 1. The number of aliphatic carboxylic acids is 1. The number of benzene rings is 1. The van der Waals surface area contributed by atoms with Crippen LogP contribution in [0.2, 0.25) is 0 Å². The predicted octanol–water partition coefficient (Wildman–Crippen LogP) is 1.95. The summed E-state index contributed by atoms with van der Waals surface area (Å²) in [7, 11) is 0. The number of aryl methyl sites for hydroxylation is 1. The highest BCUT2D eigenvalue weighted by Gasteiger charge is 2.38. The van der Waals surface area contributed by atoms with Crippen molar-refractivity contribution in [1.29, 1.82) is 0 Å². The summed E-state index contributed by atoms with van der Waals surface area (Å²) in [4.78, 5) is 23.6. The lowest BCUT2D eigenvalue weighted by molar-refractivity contribution is -0.139. The average molecular weight is 330 g/mol. The maximum Gasteiger partial charge on any atom is 0.305 e. The van der Waals surface area contributed by atoms with Crippen LogP contribution >= 0.6 is 0 Å². The molecule has 0 spiro atoms. The van der Waals surface area contributed by atoms with Crippen LogP contribution in [0.5, 0.6) is 0 Å². The van der Waals surface area contributed by atoms with Gasteiger partial charge in [-0.15, -0.1) is 0 Å². The minimum Gasteiger partial charge on any atom is -0.481 e. The standard InChI is InChI=1S/C18H22N2O4/c1-2-20-11-13(14-5-3-4-6-15(14)20)9-16(21)19-18(10-17(22)23)7-8-24-12-18/h3-6,11H,2,7-10,12H2,1H3,(H,19,21)(H,22,23). The summed E-state index contributed by atoms with van der Waals surface area (Å²) in [6.07, 6.45) is 2.64. The summed E-state index contributed by atoms with van der Waals surface area (Å²) in [5, 5.41) is 13.1. The number of hydrogen-bond donors (Lipinski definition) is 2. The molecule has 6 nitrogen and oxygen atoms in total. The van der Waals surface area contributed by atoms with Gasteiger partial charge in [-0.05, 0) is 25.0 Å². The molecule has 0 bridgehead atoms. The highest BCUT2D eigenvalue weighted by Crippen LogP contribution is 2.25. The number of carboxylic acid groups (broad SMARTS) is 1. The molecule has 3 rings (SSSR count). The zero-order chi connectivity index (χ0) is 17.2. The summed E-state index contributed by atoms with van der Waals surface area (Å²) in [5.41, 5.74) is 1.27. The summed E-state index contributed by atoms with van der Waals surface area (Å²) in [6, 6.07) is 7.99. The van der Waals surface area contributed by atoms with E-state index in [2.05, 4.69) is 16.8 Å². The van der Waals surface area contributed by atoms with Crippen molar-refractivity contribution in [3.63, 3.8) is 0 Å². The third kappa shape index (κ3) is 3.28. The number of fused-ring (bicyclic) bond motifs is 1. The highest BCUT2D eigenvalue weighted by molar-refractivity contribution is 5.89. The van der Waals surface area contributed by atoms with Crippen LogP contribution in [0, 0.1) is 0 Å². The van der Waals surface area contributed by atoms with Crippen LogP contribution in [0.4, 0.5) is 0 Å². The number of ether oxygens (including phenoxy) is 1. The Morgan fingerprint density at radius 1 is 1.38 bits per heavy atom. The van der Waals surface area contributed by atoms with Gasteiger partial charge < -0.3 is 19.7 Å². The van der Waals surface area contributed by atoms with Crippen molar-refractivity contribution in [1.82, 2.24) is 9.88 Å². The Balaban J connectivity index is 1.78. The topological polar surface area (TPSA) is 80.6 Å². The van der Waals surface area contributed by atoms with Gasteiger partial charge in [0.05, 0.1) is 25.0 Å². The smallest absolute Gasteiger partial charge is 0.305 e. The van der Waals surface area contributed by atoms with Crippen LogP contribution in [0.1, 0.15) is 25.3 Å². The zero-order valence-corrected chi connectivity index (χ0v) is 13.7. The van der Waals surface area contributed by atoms with Gasteiger partial charge in [0.1, 0.15) is 0 Å². The van der Waals surface area contributed by atoms with E-state index in [4.69, 9.17) is 9.84 Å². The molecule has 1 aliphatic heterocycles. The van der Waals surface area contributed by atoms with Crippen LogP contribution in [0.3, 0.4) is 0 Å². The predicted molar refractivity (Wildman–Crippen MR) is 89.9 cm³/mol. The summed E-state index contributed by atoms with van der Waals surface area (Å²) in [6.45, 7) is 3.62. The Bertz CT molecular complexity index is 759. The van der Waals surface area contributed by atoms with Gasteiger partial charge in [-0.25, -0.2) is 0 Å². The molecular weight excluding hydrogens is 308 g/mol. The lowest BCUT2D eigenvalue weighted by Gasteiger charge is -2.27. The van der Waals surface area contributed by atoms with Crippen molar-refractivity contribution in [3.05, 3.63) is 36.0 Å². The molecule has 6 heteroatoms. The molecule has 1 atom stereocenters. The lowest BCUT2D eigenvalue weighted by Crippen LogP contribution is -2.51. The number of carbonyl (C=O) groups is 2. The minimum atomic E-state index is -0.927. The quantitative estimate of drug-likeness (QED) is 0.848. The highest BCUT2D eigenvalue weighted by atomic mass is 16.5. The Hall–Kier alpha value is -2.34. The van der Waals surface area contributed by atoms with Crippen LogP contribution in [0.25, 0.3) is 10.9 Å². The number of rotatable bonds is 6. The van der Waals surface area contributed by atoms with E-state index >= 15 is 0 Å². The molecule has 0 saturated carbocycles. The van der Waals surface area contributed by atoms with Gasteiger partial charge in [0.15, 0.2) is 0 Å². The number of carbonyl (C=O) groups excluding carboxylic acids is 1. The SMILES string of the molecule is CCn1cc(CC(=O)NC2(CC(=O)O)CCOC2)c2ccccc21. The van der Waals surface area contributed by atoms with E-state index in [-0.39, 0.29) is 25.4 Å². The first-order chi connectivity index (χ1) is 11.5. The fourth-order valence-electron chi connectivity index (χ4n) is 3.42. The molecule has 1 saturated heterocycles. The second-order valence-corrected chi connectivity index (χ2v) is 6.34. The molecule has 1 unspecified atom stereocenters. The van der Waals surface area contributed by atoms with E-state index in [1.807, 2.05) is 30.5 Å². The number of nitrogens with zero attached hydrogens (tertiary/aromatic N) is 1. The largest absolute Gasteiger partial charge is 0.481 e. The van der Waals surface area contributed by atoms with Gasteiger partial charge >= 0.3 is 5.97 Å². The van der Waals surface area contributed by atoms with E-state index < -0.39 is 11.5 Å². The fourth-order valence-corrected chi connectivity index (χ4v) is 3.42. The number of amides is 1. The first-order valence-corrected chi connectivity index (χ1v) is 8.20. The Morgan fingerprint density at radius 3 is 2.83 bits per heavy atom. The first-order valence-electron chi connectivity index (χ1n) is 8.20. The van der Waals surface area contributed by atoms with Crippen molar-refractivity contribution < 1.29 is 19.4 Å². The molecule has 2 N–H and O–H groups in total. The average Bonchev–Trinajstić information content (AvgIpc) is 3.12. The van der Waals surface area contributed by atoms with E-state index in [1.165, 1.54) is 0 Å². The molecular formula is C18H22N2O4. The molecule has 24 heavy (non-hydrogen) atoms. The van der Waals surface area contributed by atoms with Crippen molar-refractivity contribution in [2.24, 2.45) is 0 Å². The monoisotopic (exact) mass is 330 g/mol. The molecule has 2 heterocycles. The van der Waals surface area contributed by atoms with Gasteiger partial charge in [0, 0.05) is 30.3 Å². The molecule has 1 aromatic carbocycles. The van der Waals surface area contributed by atoms with Crippen molar-refractivity contribution in [3.8, 4) is 0 Å². The van der Waals surface area contributed by atoms with E-state index in [0.717, 1.165) is 23.0 Å². The molecule has 0 radical (unpaired) electrons. The fraction of sp³-hybridized carbons (Fsp3) is 0.444. The third-order valence-corrected chi connectivity index (χ3v) is 4.56. The summed E-state index contributed by atoms with van der Waals surface area (Å²) < 4.78 is 7.44. The number of nitrogens with one attached hydrogen (secondary N) is 1. The minimum absolute atomic E-state index is 0.116. The lowest BCUT2D eigenvalue weighted by atomic mass is 9.94. The molecule has 0 aliphatic carbocycles. The van der Waals surface area contributed by atoms with Gasteiger partial charge in [0.25, 0.3) is 0 Å². The molecule has 2 aromatic rings. The second-order valence-electron chi connectivity index (χ2n) is 6.34. The van der Waals surface area contributed by atoms with Crippen molar-refractivity contribution in [2.75, 3.05) is 13.2 Å². The molecule has 1 aromatic heterocycles. The van der Waals surface area contributed by atoms with Crippen LogP contribution in [-0.2, 0) is 27.3 Å². The van der Waals surface area contributed by atoms with Crippen molar-refractivity contribution in [2.45, 2.75) is 38.3 Å². The Morgan fingerprint density at radius 2 is 2.17 bits per heavy atom. The third-order valence-electron chi connectivity index (χ3n) is 4.56. The normalized spacial score (nSPS) is 20.4. The Labute approximate surface area is 140 Å². The molecule has 1 fully saturated rings. The van der Waals surface area contributed by atoms with Gasteiger partial charge in [-0.3, -0.25) is 9.59 Å². The van der Waals surface area contributed by atoms with E-state index in [9.17, 15) is 9.59 Å². The van der Waals surface area contributed by atoms with Crippen LogP contribution < -0.4 is 5.32 Å². The molecule has 1 aliphatic rings. The zero-order valence-electron chi connectivity index (χ0n) is 13.7. The van der Waals surface area contributed by atoms with Gasteiger partial charge in [-0.2, -0.15) is 0 Å². The second kappa shape index (κ2) is 6.65. The maximum absolute atomic E-state index is 12.5. The van der Waals surface area contributed by atoms with Crippen LogP contribution in [-0.4, -0.2) is 40.3 Å². The number of carboxylic acids is 1. The number of aromatic nitrogens is 1. The summed E-state index contributed by atoms with van der Waals surface area (Å²) in [5.74, 6) is -1.09. The number of hydrogen-bond acceptors (Lipinski definition) is 3.